The molecule has 0 aliphatic carbocycles. The van der Waals surface area contributed by atoms with Crippen LogP contribution in [0, 0.1) is 0 Å². The summed E-state index contributed by atoms with van der Waals surface area (Å²) in [7, 11) is -1.51. The summed E-state index contributed by atoms with van der Waals surface area (Å²) in [4.78, 5) is 0. The molecular weight excluding hydrogens is 238 g/mol. The Hall–Kier alpha value is -1.07. The first-order valence-corrected chi connectivity index (χ1v) is 7.19. The summed E-state index contributed by atoms with van der Waals surface area (Å²) in [6, 6.07) is 5.31. The predicted molar refractivity (Wildman–Crippen MR) is 68.6 cm³/mol. The van der Waals surface area contributed by atoms with E-state index in [1.54, 1.807) is 39.2 Å². The molecule has 0 amide bonds. The Bertz CT molecular complexity index is 481. The molecular formula is C12H19NO3S. The second-order valence-corrected chi connectivity index (χ2v) is 6.76. The number of rotatable bonds is 5. The molecule has 0 aliphatic rings. The zero-order valence-electron chi connectivity index (χ0n) is 10.4. The van der Waals surface area contributed by atoms with Gasteiger partial charge in [0.15, 0.2) is 9.84 Å². The number of ether oxygens (including phenoxy) is 1. The molecule has 0 fully saturated rings. The Labute approximate surface area is 103 Å². The molecule has 0 radical (unpaired) electrons. The van der Waals surface area contributed by atoms with E-state index in [0.29, 0.717) is 12.3 Å². The van der Waals surface area contributed by atoms with Crippen LogP contribution in [0.2, 0.25) is 0 Å². The summed E-state index contributed by atoms with van der Waals surface area (Å²) in [5.41, 5.74) is 7.16. The van der Waals surface area contributed by atoms with Crippen LogP contribution in [0.3, 0.4) is 0 Å². The van der Waals surface area contributed by atoms with Gasteiger partial charge in [0.2, 0.25) is 0 Å². The Morgan fingerprint density at radius 3 is 2.47 bits per heavy atom. The van der Waals surface area contributed by atoms with Gasteiger partial charge in [0.05, 0.1) is 18.1 Å². The van der Waals surface area contributed by atoms with E-state index in [1.165, 1.54) is 0 Å². The normalized spacial score (nSPS) is 11.8. The lowest BCUT2D eigenvalue weighted by Gasteiger charge is -2.11. The maximum Gasteiger partial charge on any atom is 0.156 e. The minimum Gasteiger partial charge on any atom is -0.496 e. The number of benzene rings is 1. The summed E-state index contributed by atoms with van der Waals surface area (Å²) in [5, 5.41) is -0.370. The van der Waals surface area contributed by atoms with Gasteiger partial charge in [-0.3, -0.25) is 0 Å². The molecule has 1 aromatic carbocycles. The van der Waals surface area contributed by atoms with Crippen molar-refractivity contribution in [3.05, 3.63) is 29.3 Å². The molecule has 0 atom stereocenters. The summed E-state index contributed by atoms with van der Waals surface area (Å²) >= 11 is 0. The van der Waals surface area contributed by atoms with Crippen LogP contribution in [0.25, 0.3) is 0 Å². The van der Waals surface area contributed by atoms with Crippen molar-refractivity contribution in [1.29, 1.82) is 0 Å². The van der Waals surface area contributed by atoms with Gasteiger partial charge in [-0.15, -0.1) is 0 Å². The summed E-state index contributed by atoms with van der Waals surface area (Å²) < 4.78 is 28.7. The van der Waals surface area contributed by atoms with Crippen molar-refractivity contribution in [2.75, 3.05) is 7.11 Å². The van der Waals surface area contributed by atoms with Crippen molar-refractivity contribution < 1.29 is 13.2 Å². The molecule has 4 nitrogen and oxygen atoms in total. The fraction of sp³-hybridized carbons (Fsp3) is 0.500. The van der Waals surface area contributed by atoms with Gasteiger partial charge in [0.1, 0.15) is 5.75 Å². The Morgan fingerprint density at radius 2 is 2.00 bits per heavy atom. The third-order valence-corrected chi connectivity index (χ3v) is 4.82. The van der Waals surface area contributed by atoms with Crippen molar-refractivity contribution in [2.24, 2.45) is 5.73 Å². The van der Waals surface area contributed by atoms with Crippen LogP contribution in [-0.2, 0) is 22.1 Å². The van der Waals surface area contributed by atoms with Crippen LogP contribution in [-0.4, -0.2) is 20.8 Å². The van der Waals surface area contributed by atoms with Gasteiger partial charge in [-0.05, 0) is 31.5 Å². The first-order chi connectivity index (χ1) is 7.90. The average molecular weight is 257 g/mol. The maximum absolute atomic E-state index is 11.8. The summed E-state index contributed by atoms with van der Waals surface area (Å²) in [6.45, 7) is 3.70. The van der Waals surface area contributed by atoms with Gasteiger partial charge < -0.3 is 10.5 Å². The molecule has 5 heteroatoms. The van der Waals surface area contributed by atoms with Gasteiger partial charge in [-0.1, -0.05) is 6.07 Å². The van der Waals surface area contributed by atoms with E-state index in [-0.39, 0.29) is 11.0 Å². The summed E-state index contributed by atoms with van der Waals surface area (Å²) in [6.07, 6.45) is 0. The third kappa shape index (κ3) is 3.44. The Balaban J connectivity index is 3.02. The van der Waals surface area contributed by atoms with E-state index in [0.717, 1.165) is 11.1 Å². The molecule has 0 aliphatic heterocycles. The van der Waals surface area contributed by atoms with E-state index in [1.807, 2.05) is 0 Å². The van der Waals surface area contributed by atoms with Crippen molar-refractivity contribution in [3.63, 3.8) is 0 Å². The highest BCUT2D eigenvalue weighted by molar-refractivity contribution is 7.91. The molecule has 0 saturated heterocycles. The zero-order valence-corrected chi connectivity index (χ0v) is 11.3. The SMILES string of the molecule is COc1ccc(CS(=O)(=O)C(C)C)cc1CN. The Morgan fingerprint density at radius 1 is 1.35 bits per heavy atom. The lowest BCUT2D eigenvalue weighted by atomic mass is 10.1. The van der Waals surface area contributed by atoms with E-state index in [4.69, 9.17) is 10.5 Å². The largest absolute Gasteiger partial charge is 0.496 e. The molecule has 0 heterocycles. The average Bonchev–Trinajstić information content (AvgIpc) is 2.28. The molecule has 0 bridgehead atoms. The number of hydrogen-bond acceptors (Lipinski definition) is 4. The van der Waals surface area contributed by atoms with Crippen LogP contribution < -0.4 is 10.5 Å². The fourth-order valence-electron chi connectivity index (χ4n) is 1.48. The van der Waals surface area contributed by atoms with E-state index in [2.05, 4.69) is 0 Å². The van der Waals surface area contributed by atoms with Crippen LogP contribution in [0.4, 0.5) is 0 Å². The van der Waals surface area contributed by atoms with Crippen molar-refractivity contribution in [3.8, 4) is 5.75 Å². The minimum atomic E-state index is -3.08. The minimum absolute atomic E-state index is 0.0433. The zero-order chi connectivity index (χ0) is 13.1. The van der Waals surface area contributed by atoms with Crippen LogP contribution in [0.1, 0.15) is 25.0 Å². The standard InChI is InChI=1S/C12H19NO3S/c1-9(2)17(14,15)8-10-4-5-12(16-3)11(6-10)7-13/h4-6,9H,7-8,13H2,1-3H3. The number of nitrogens with two attached hydrogens (primary N) is 1. The molecule has 96 valence electrons. The van der Waals surface area contributed by atoms with E-state index >= 15 is 0 Å². The van der Waals surface area contributed by atoms with Crippen molar-refractivity contribution in [1.82, 2.24) is 0 Å². The second kappa shape index (κ2) is 5.51. The summed E-state index contributed by atoms with van der Waals surface area (Å²) in [5.74, 6) is 0.736. The van der Waals surface area contributed by atoms with E-state index < -0.39 is 9.84 Å². The van der Waals surface area contributed by atoms with Gasteiger partial charge in [0.25, 0.3) is 0 Å². The van der Waals surface area contributed by atoms with Gasteiger partial charge >= 0.3 is 0 Å². The van der Waals surface area contributed by atoms with Gasteiger partial charge in [-0.2, -0.15) is 0 Å². The molecule has 1 aromatic rings. The van der Waals surface area contributed by atoms with Crippen LogP contribution >= 0.6 is 0 Å². The predicted octanol–water partition coefficient (Wildman–Crippen LogP) is 1.48. The lowest BCUT2D eigenvalue weighted by molar-refractivity contribution is 0.409. The van der Waals surface area contributed by atoms with Crippen LogP contribution in [0.5, 0.6) is 5.75 Å². The number of sulfone groups is 1. The molecule has 0 unspecified atom stereocenters. The third-order valence-electron chi connectivity index (χ3n) is 2.65. The topological polar surface area (TPSA) is 69.4 Å². The molecule has 1 rings (SSSR count). The second-order valence-electron chi connectivity index (χ2n) is 4.21. The van der Waals surface area contributed by atoms with Crippen LogP contribution in [0.15, 0.2) is 18.2 Å². The number of methoxy groups -OCH3 is 1. The van der Waals surface area contributed by atoms with Gasteiger partial charge in [-0.25, -0.2) is 8.42 Å². The lowest BCUT2D eigenvalue weighted by Crippen LogP contribution is -2.16. The number of hydrogen-bond donors (Lipinski definition) is 1. The highest BCUT2D eigenvalue weighted by Gasteiger charge is 2.17. The first kappa shape index (κ1) is 14.0. The fourth-order valence-corrected chi connectivity index (χ4v) is 2.46. The van der Waals surface area contributed by atoms with Crippen molar-refractivity contribution in [2.45, 2.75) is 31.4 Å². The first-order valence-electron chi connectivity index (χ1n) is 5.48. The molecule has 0 saturated carbocycles. The highest BCUT2D eigenvalue weighted by Crippen LogP contribution is 2.21. The van der Waals surface area contributed by atoms with E-state index in [9.17, 15) is 8.42 Å². The molecule has 0 spiro atoms. The quantitative estimate of drug-likeness (QED) is 0.867. The molecule has 17 heavy (non-hydrogen) atoms. The molecule has 2 N–H and O–H groups in total. The maximum atomic E-state index is 11.8. The monoisotopic (exact) mass is 257 g/mol. The smallest absolute Gasteiger partial charge is 0.156 e. The van der Waals surface area contributed by atoms with Gasteiger partial charge in [0, 0.05) is 12.1 Å². The highest BCUT2D eigenvalue weighted by atomic mass is 32.2. The molecule has 0 aromatic heterocycles. The van der Waals surface area contributed by atoms with Crippen molar-refractivity contribution >= 4 is 9.84 Å². The Kier molecular flexibility index (Phi) is 4.54.